The number of morpholine rings is 1. The smallest absolute Gasteiger partial charge is 0.153 e. The van der Waals surface area contributed by atoms with Crippen molar-refractivity contribution in [2.75, 3.05) is 26.3 Å². The average molecular weight is 237 g/mol. The van der Waals surface area contributed by atoms with Crippen LogP contribution in [0.5, 0.6) is 0 Å². The number of hydrogen-bond donors (Lipinski definition) is 0. The minimum Gasteiger partial charge on any atom is -0.379 e. The van der Waals surface area contributed by atoms with Crippen LogP contribution in [0.4, 0.5) is 4.39 Å². The van der Waals surface area contributed by atoms with Crippen LogP contribution in [-0.4, -0.2) is 37.5 Å². The van der Waals surface area contributed by atoms with E-state index in [1.165, 1.54) is 6.07 Å². The number of nitrogens with zero attached hydrogens (tertiary/aromatic N) is 1. The molecule has 3 nitrogen and oxygen atoms in total. The molecule has 1 aromatic carbocycles. The standard InChI is InChI=1S/C13H16FNO2/c1-10(15-4-6-17-7-5-15)11-2-3-13(14)12(8-11)9-16/h2-3,8-10H,4-7H2,1H3. The van der Waals surface area contributed by atoms with Crippen molar-refractivity contribution >= 4 is 6.29 Å². The molecule has 1 unspecified atom stereocenters. The molecular formula is C13H16FNO2. The molecule has 0 amide bonds. The topological polar surface area (TPSA) is 29.5 Å². The summed E-state index contributed by atoms with van der Waals surface area (Å²) in [6, 6.07) is 4.90. The summed E-state index contributed by atoms with van der Waals surface area (Å²) in [4.78, 5) is 13.0. The first-order valence-electron chi connectivity index (χ1n) is 5.79. The molecule has 2 rings (SSSR count). The molecule has 4 heteroatoms. The number of aldehydes is 1. The zero-order valence-corrected chi connectivity index (χ0v) is 9.86. The zero-order valence-electron chi connectivity index (χ0n) is 9.86. The second-order valence-corrected chi connectivity index (χ2v) is 4.22. The van der Waals surface area contributed by atoms with Crippen molar-refractivity contribution in [1.82, 2.24) is 4.90 Å². The van der Waals surface area contributed by atoms with Crippen LogP contribution in [0.15, 0.2) is 18.2 Å². The predicted molar refractivity (Wildman–Crippen MR) is 62.6 cm³/mol. The number of hydrogen-bond acceptors (Lipinski definition) is 3. The van der Waals surface area contributed by atoms with Gasteiger partial charge in [-0.15, -0.1) is 0 Å². The fourth-order valence-corrected chi connectivity index (χ4v) is 2.09. The van der Waals surface area contributed by atoms with E-state index in [1.54, 1.807) is 12.1 Å². The first kappa shape index (κ1) is 12.2. The van der Waals surface area contributed by atoms with E-state index < -0.39 is 5.82 Å². The molecule has 92 valence electrons. The molecule has 1 fully saturated rings. The van der Waals surface area contributed by atoms with E-state index in [1.807, 2.05) is 0 Å². The Bertz CT molecular complexity index is 402. The molecule has 0 saturated carbocycles. The van der Waals surface area contributed by atoms with Gasteiger partial charge in [0.2, 0.25) is 0 Å². The van der Waals surface area contributed by atoms with Gasteiger partial charge in [-0.25, -0.2) is 4.39 Å². The molecule has 1 aromatic rings. The number of benzene rings is 1. The normalized spacial score (nSPS) is 18.9. The summed E-state index contributed by atoms with van der Waals surface area (Å²) in [6.45, 7) is 5.26. The Hall–Kier alpha value is -1.26. The van der Waals surface area contributed by atoms with Gasteiger partial charge in [-0.05, 0) is 24.6 Å². The lowest BCUT2D eigenvalue weighted by atomic mass is 10.0. The van der Waals surface area contributed by atoms with E-state index in [-0.39, 0.29) is 11.6 Å². The van der Waals surface area contributed by atoms with Crippen LogP contribution in [0.3, 0.4) is 0 Å². The summed E-state index contributed by atoms with van der Waals surface area (Å²) in [6.07, 6.45) is 0.560. The van der Waals surface area contributed by atoms with E-state index in [4.69, 9.17) is 4.74 Å². The van der Waals surface area contributed by atoms with Gasteiger partial charge in [0.15, 0.2) is 6.29 Å². The lowest BCUT2D eigenvalue weighted by Crippen LogP contribution is -2.38. The molecule has 1 aliphatic heterocycles. The van der Waals surface area contributed by atoms with Crippen molar-refractivity contribution in [3.05, 3.63) is 35.1 Å². The minimum atomic E-state index is -0.460. The van der Waals surface area contributed by atoms with E-state index >= 15 is 0 Å². The third-order valence-corrected chi connectivity index (χ3v) is 3.22. The largest absolute Gasteiger partial charge is 0.379 e. The Kier molecular flexibility index (Phi) is 3.86. The SMILES string of the molecule is CC(c1ccc(F)c(C=O)c1)N1CCOCC1. The van der Waals surface area contributed by atoms with Crippen molar-refractivity contribution in [3.8, 4) is 0 Å². The second-order valence-electron chi connectivity index (χ2n) is 4.22. The molecule has 0 bridgehead atoms. The van der Waals surface area contributed by atoms with E-state index in [0.29, 0.717) is 6.29 Å². The maximum absolute atomic E-state index is 13.2. The summed E-state index contributed by atoms with van der Waals surface area (Å²) < 4.78 is 18.5. The van der Waals surface area contributed by atoms with E-state index in [9.17, 15) is 9.18 Å². The number of ether oxygens (including phenoxy) is 1. The molecule has 1 aliphatic rings. The van der Waals surface area contributed by atoms with Crippen LogP contribution >= 0.6 is 0 Å². The highest BCUT2D eigenvalue weighted by Crippen LogP contribution is 2.22. The van der Waals surface area contributed by atoms with Gasteiger partial charge in [0.05, 0.1) is 18.8 Å². The third kappa shape index (κ3) is 2.70. The number of halogens is 1. The number of carbonyl (C=O) groups is 1. The maximum atomic E-state index is 13.2. The van der Waals surface area contributed by atoms with Crippen LogP contribution < -0.4 is 0 Å². The Morgan fingerprint density at radius 1 is 1.41 bits per heavy atom. The summed E-state index contributed by atoms with van der Waals surface area (Å²) >= 11 is 0. The highest BCUT2D eigenvalue weighted by molar-refractivity contribution is 5.75. The quantitative estimate of drug-likeness (QED) is 0.753. The maximum Gasteiger partial charge on any atom is 0.153 e. The van der Waals surface area contributed by atoms with Crippen LogP contribution in [0.25, 0.3) is 0 Å². The fourth-order valence-electron chi connectivity index (χ4n) is 2.09. The van der Waals surface area contributed by atoms with Gasteiger partial charge < -0.3 is 4.74 Å². The number of rotatable bonds is 3. The molecule has 0 N–H and O–H groups in total. The van der Waals surface area contributed by atoms with E-state index in [2.05, 4.69) is 11.8 Å². The van der Waals surface area contributed by atoms with Crippen LogP contribution in [0.1, 0.15) is 28.9 Å². The lowest BCUT2D eigenvalue weighted by molar-refractivity contribution is 0.0198. The van der Waals surface area contributed by atoms with E-state index in [0.717, 1.165) is 31.9 Å². The van der Waals surface area contributed by atoms with Gasteiger partial charge in [-0.3, -0.25) is 9.69 Å². The van der Waals surface area contributed by atoms with Crippen molar-refractivity contribution in [1.29, 1.82) is 0 Å². The Morgan fingerprint density at radius 3 is 2.76 bits per heavy atom. The monoisotopic (exact) mass is 237 g/mol. The van der Waals surface area contributed by atoms with Gasteiger partial charge in [-0.1, -0.05) is 6.07 Å². The van der Waals surface area contributed by atoms with Gasteiger partial charge in [0, 0.05) is 19.1 Å². The van der Waals surface area contributed by atoms with Crippen LogP contribution in [-0.2, 0) is 4.74 Å². The van der Waals surface area contributed by atoms with Gasteiger partial charge >= 0.3 is 0 Å². The fraction of sp³-hybridized carbons (Fsp3) is 0.462. The van der Waals surface area contributed by atoms with Gasteiger partial charge in [0.25, 0.3) is 0 Å². The summed E-state index contributed by atoms with van der Waals surface area (Å²) in [5.41, 5.74) is 1.10. The molecule has 0 aromatic heterocycles. The molecule has 1 atom stereocenters. The van der Waals surface area contributed by atoms with Gasteiger partial charge in [0.1, 0.15) is 5.82 Å². The van der Waals surface area contributed by atoms with Crippen molar-refractivity contribution in [2.45, 2.75) is 13.0 Å². The van der Waals surface area contributed by atoms with Crippen LogP contribution in [0.2, 0.25) is 0 Å². The van der Waals surface area contributed by atoms with Crippen molar-refractivity contribution in [2.24, 2.45) is 0 Å². The molecule has 0 radical (unpaired) electrons. The first-order valence-corrected chi connectivity index (χ1v) is 5.79. The lowest BCUT2D eigenvalue weighted by Gasteiger charge is -2.32. The Labute approximate surface area is 100 Å². The van der Waals surface area contributed by atoms with Crippen LogP contribution in [0, 0.1) is 5.82 Å². The summed E-state index contributed by atoms with van der Waals surface area (Å²) in [7, 11) is 0. The molecule has 17 heavy (non-hydrogen) atoms. The molecule has 0 spiro atoms. The minimum absolute atomic E-state index is 0.127. The molecular weight excluding hydrogens is 221 g/mol. The molecule has 1 saturated heterocycles. The van der Waals surface area contributed by atoms with Crippen molar-refractivity contribution < 1.29 is 13.9 Å². The van der Waals surface area contributed by atoms with Gasteiger partial charge in [-0.2, -0.15) is 0 Å². The third-order valence-electron chi connectivity index (χ3n) is 3.22. The van der Waals surface area contributed by atoms with Crippen molar-refractivity contribution in [3.63, 3.8) is 0 Å². The molecule has 1 heterocycles. The summed E-state index contributed by atoms with van der Waals surface area (Å²) in [5.74, 6) is -0.460. The second kappa shape index (κ2) is 5.38. The Morgan fingerprint density at radius 2 is 2.12 bits per heavy atom. The zero-order chi connectivity index (χ0) is 12.3. The highest BCUT2D eigenvalue weighted by Gasteiger charge is 2.19. The predicted octanol–water partition coefficient (Wildman–Crippen LogP) is 2.03. The Balaban J connectivity index is 2.17. The molecule has 0 aliphatic carbocycles. The summed E-state index contributed by atoms with van der Waals surface area (Å²) in [5, 5.41) is 0. The average Bonchev–Trinajstić information content (AvgIpc) is 2.39. The highest BCUT2D eigenvalue weighted by atomic mass is 19.1. The first-order chi connectivity index (χ1) is 8.22. The number of carbonyl (C=O) groups excluding carboxylic acids is 1.